The highest BCUT2D eigenvalue weighted by molar-refractivity contribution is 8.05. The van der Waals surface area contributed by atoms with Gasteiger partial charge in [-0.25, -0.2) is 24.2 Å². The number of thioether (sulfide) groups is 1. The lowest BCUT2D eigenvalue weighted by atomic mass is 10.0. The molecule has 0 radical (unpaired) electrons. The van der Waals surface area contributed by atoms with Crippen LogP contribution in [0.15, 0.2) is 36.4 Å². The molecule has 364 valence electrons. The number of amides is 2. The summed E-state index contributed by atoms with van der Waals surface area (Å²) in [7, 11) is 0. The van der Waals surface area contributed by atoms with Gasteiger partial charge in [0.1, 0.15) is 28.7 Å². The molecule has 65 heavy (non-hydrogen) atoms. The van der Waals surface area contributed by atoms with Crippen molar-refractivity contribution >= 4 is 105 Å². The zero-order valence-electron chi connectivity index (χ0n) is 36.7. The molecule has 0 aliphatic rings. The number of carboxylic acids is 2. The Labute approximate surface area is 411 Å². The number of aromatic nitrogens is 1. The SMILES string of the molecule is C.C.CC(C)(C)OC(=O)NC(CN)C(=O)O.CC(C)CC(SC#N)C(=O)c1ccc(Cl)c(Cl)c1.CC(C)Cc1sc(NCC(NC(=O)OC(C)(C)C)C(=O)O)nc1-c1ccc(Cl)c(Cl)c1. The molecule has 1 heterocycles. The molecule has 3 unspecified atom stereocenters. The molecule has 21 heteroatoms. The summed E-state index contributed by atoms with van der Waals surface area (Å²) in [5.74, 6) is -1.69. The third-order valence-electron chi connectivity index (χ3n) is 7.53. The van der Waals surface area contributed by atoms with Crippen molar-refractivity contribution in [2.24, 2.45) is 17.6 Å². The summed E-state index contributed by atoms with van der Waals surface area (Å²) < 4.78 is 9.99. The van der Waals surface area contributed by atoms with Crippen LogP contribution in [-0.4, -0.2) is 86.7 Å². The van der Waals surface area contributed by atoms with Crippen LogP contribution in [0.3, 0.4) is 0 Å². The van der Waals surface area contributed by atoms with Gasteiger partial charge in [0.05, 0.1) is 31.0 Å². The second-order valence-electron chi connectivity index (χ2n) is 16.5. The van der Waals surface area contributed by atoms with Gasteiger partial charge in [0.15, 0.2) is 10.9 Å². The van der Waals surface area contributed by atoms with Crippen LogP contribution in [0.2, 0.25) is 20.1 Å². The zero-order valence-corrected chi connectivity index (χ0v) is 41.4. The van der Waals surface area contributed by atoms with Crippen molar-refractivity contribution in [2.45, 2.75) is 125 Å². The van der Waals surface area contributed by atoms with E-state index < -0.39 is 47.4 Å². The van der Waals surface area contributed by atoms with Gasteiger partial charge in [0, 0.05) is 29.1 Å². The highest BCUT2D eigenvalue weighted by atomic mass is 35.5. The van der Waals surface area contributed by atoms with Crippen molar-refractivity contribution in [3.05, 3.63) is 66.9 Å². The number of ketones is 1. The van der Waals surface area contributed by atoms with Gasteiger partial charge in [-0.1, -0.05) is 95.0 Å². The average Bonchev–Trinajstić information content (AvgIpc) is 3.54. The van der Waals surface area contributed by atoms with Crippen molar-refractivity contribution in [3.8, 4) is 16.7 Å². The smallest absolute Gasteiger partial charge is 0.408 e. The Morgan fingerprint density at radius 1 is 0.800 bits per heavy atom. The Balaban J connectivity index is 0. The number of carbonyl (C=O) groups is 5. The van der Waals surface area contributed by atoms with Gasteiger partial charge in [-0.15, -0.1) is 11.3 Å². The van der Waals surface area contributed by atoms with Crippen molar-refractivity contribution in [1.29, 1.82) is 5.26 Å². The standard InChI is InChI=1S/C21H27Cl2N3O4S.C13H13Cl2NOS.C8H16N2O4.2CH4/c1-11(2)8-16-17(12-6-7-13(22)14(23)9-12)26-19(31-16)24-10-15(18(27)28)25-20(29)30-21(3,4)5;1-8(2)5-12(18-7-16)13(17)9-3-4-10(14)11(15)6-9;1-8(2,3)14-7(13)10-5(4-9)6(11)12;;/h6-7,9,11,15H,8,10H2,1-5H3,(H,24,26)(H,25,29)(H,27,28);3-4,6,8,12H,5H2,1-2H3;5H,4,9H2,1-3H3,(H,10,13)(H,11,12);2*1H4. The lowest BCUT2D eigenvalue weighted by Crippen LogP contribution is -2.47. The van der Waals surface area contributed by atoms with E-state index in [-0.39, 0.29) is 39.0 Å². The van der Waals surface area contributed by atoms with E-state index in [4.69, 9.17) is 72.0 Å². The first-order chi connectivity index (χ1) is 29.1. The number of nitriles is 1. The number of hydrogen-bond donors (Lipinski definition) is 6. The first-order valence-corrected chi connectivity index (χ1v) is 22.7. The number of alkyl carbamates (subject to hydrolysis) is 2. The second-order valence-corrected chi connectivity index (χ2v) is 20.2. The maximum atomic E-state index is 12.3. The molecule has 7 N–H and O–H groups in total. The lowest BCUT2D eigenvalue weighted by molar-refractivity contribution is -0.140. The van der Waals surface area contributed by atoms with E-state index >= 15 is 0 Å². The first kappa shape index (κ1) is 63.1. The van der Waals surface area contributed by atoms with Crippen molar-refractivity contribution < 1.29 is 43.7 Å². The molecule has 0 fully saturated rings. The Bertz CT molecular complexity index is 2070. The molecular weight excluding hydrogens is 962 g/mol. The van der Waals surface area contributed by atoms with E-state index in [0.717, 1.165) is 34.3 Å². The van der Waals surface area contributed by atoms with Gasteiger partial charge in [-0.2, -0.15) is 5.26 Å². The summed E-state index contributed by atoms with van der Waals surface area (Å²) in [6, 6.07) is 7.83. The maximum absolute atomic E-state index is 12.3. The highest BCUT2D eigenvalue weighted by Gasteiger charge is 2.26. The van der Waals surface area contributed by atoms with Crippen LogP contribution >= 0.6 is 69.5 Å². The number of rotatable bonds is 16. The van der Waals surface area contributed by atoms with Crippen molar-refractivity contribution in [1.82, 2.24) is 15.6 Å². The number of hydrogen-bond acceptors (Lipinski definition) is 13. The van der Waals surface area contributed by atoms with Crippen LogP contribution in [0.5, 0.6) is 0 Å². The summed E-state index contributed by atoms with van der Waals surface area (Å²) in [5, 5.41) is 38.2. The molecule has 0 aliphatic carbocycles. The minimum Gasteiger partial charge on any atom is -0.480 e. The number of halogens is 4. The normalized spacial score (nSPS) is 12.2. The molecule has 15 nitrogen and oxygen atoms in total. The molecule has 1 aromatic heterocycles. The Hall–Kier alpha value is -4.02. The second kappa shape index (κ2) is 29.6. The number of benzene rings is 2. The quantitative estimate of drug-likeness (QED) is 0.0578. The molecule has 3 rings (SSSR count). The summed E-state index contributed by atoms with van der Waals surface area (Å²) in [5.41, 5.74) is 5.86. The maximum Gasteiger partial charge on any atom is 0.408 e. The Morgan fingerprint density at radius 3 is 1.71 bits per heavy atom. The highest BCUT2D eigenvalue weighted by Crippen LogP contribution is 2.36. The molecule has 0 saturated carbocycles. The molecule has 0 aliphatic heterocycles. The van der Waals surface area contributed by atoms with Crippen LogP contribution in [0.1, 0.15) is 106 Å². The lowest BCUT2D eigenvalue weighted by Gasteiger charge is -2.22. The van der Waals surface area contributed by atoms with E-state index in [1.807, 2.05) is 25.3 Å². The number of thiocyanates is 1. The molecule has 2 amide bonds. The van der Waals surface area contributed by atoms with E-state index in [0.29, 0.717) is 49.0 Å². The van der Waals surface area contributed by atoms with Crippen molar-refractivity contribution in [3.63, 3.8) is 0 Å². The zero-order chi connectivity index (χ0) is 48.4. The van der Waals surface area contributed by atoms with Crippen LogP contribution in [0, 0.1) is 22.5 Å². The first-order valence-electron chi connectivity index (χ1n) is 19.4. The third-order valence-corrected chi connectivity index (χ3v) is 10.8. The van der Waals surface area contributed by atoms with Gasteiger partial charge in [0.25, 0.3) is 0 Å². The fourth-order valence-electron chi connectivity index (χ4n) is 4.85. The fourth-order valence-corrected chi connectivity index (χ4v) is 7.50. The number of carboxylic acid groups (broad SMARTS) is 2. The molecule has 3 aromatic rings. The van der Waals surface area contributed by atoms with Crippen LogP contribution in [0.25, 0.3) is 11.3 Å². The number of Topliss-reactive ketones (excluding diaryl/α,β-unsaturated/α-hetero) is 1. The minimum atomic E-state index is -1.18. The topological polar surface area (TPSA) is 243 Å². The van der Waals surface area contributed by atoms with Crippen molar-refractivity contribution in [2.75, 3.05) is 18.4 Å². The molecule has 2 aromatic carbocycles. The number of aliphatic carboxylic acids is 2. The van der Waals surface area contributed by atoms with Gasteiger partial charge in [0.2, 0.25) is 0 Å². The van der Waals surface area contributed by atoms with Crippen LogP contribution < -0.4 is 21.7 Å². The number of anilines is 1. The number of nitrogens with zero attached hydrogens (tertiary/aromatic N) is 2. The van der Waals surface area contributed by atoms with Crippen LogP contribution in [-0.2, 0) is 25.5 Å². The monoisotopic (exact) mass is 1020 g/mol. The van der Waals surface area contributed by atoms with Gasteiger partial charge < -0.3 is 41.4 Å². The molecule has 3 atom stereocenters. The number of carbonyl (C=O) groups excluding carboxylic acids is 3. The summed E-state index contributed by atoms with van der Waals surface area (Å²) in [6.07, 6.45) is -0.113. The van der Waals surface area contributed by atoms with E-state index in [1.54, 1.807) is 71.9 Å². The predicted octanol–water partition coefficient (Wildman–Crippen LogP) is 11.7. The molecule has 0 saturated heterocycles. The number of nitrogens with one attached hydrogen (secondary N) is 3. The average molecular weight is 1030 g/mol. The van der Waals surface area contributed by atoms with E-state index in [9.17, 15) is 29.1 Å². The summed E-state index contributed by atoms with van der Waals surface area (Å²) in [6.45, 7) is 18.2. The van der Waals surface area contributed by atoms with Gasteiger partial charge in [-0.05, 0) is 108 Å². The number of nitrogens with two attached hydrogens (primary N) is 1. The summed E-state index contributed by atoms with van der Waals surface area (Å²) >= 11 is 26.3. The number of ether oxygens (including phenoxy) is 2. The van der Waals surface area contributed by atoms with Crippen LogP contribution in [0.4, 0.5) is 14.7 Å². The van der Waals surface area contributed by atoms with Gasteiger partial charge >= 0.3 is 24.1 Å². The molecule has 0 bridgehead atoms. The van der Waals surface area contributed by atoms with E-state index in [2.05, 4.69) is 34.8 Å². The number of thiazole rings is 1. The van der Waals surface area contributed by atoms with E-state index in [1.165, 1.54) is 11.3 Å². The van der Waals surface area contributed by atoms with Gasteiger partial charge in [-0.3, -0.25) is 4.79 Å². The molecular formula is C44H64Cl4N6O9S2. The Kier molecular flexibility index (Phi) is 28.7. The summed E-state index contributed by atoms with van der Waals surface area (Å²) in [4.78, 5) is 63.0. The predicted molar refractivity (Wildman–Crippen MR) is 266 cm³/mol. The fraction of sp³-hybridized carbons (Fsp3) is 0.523. The minimum absolute atomic E-state index is 0. The Morgan fingerprint density at radius 2 is 1.29 bits per heavy atom. The third kappa shape index (κ3) is 24.9. The largest absolute Gasteiger partial charge is 0.480 e. The molecule has 0 spiro atoms.